The van der Waals surface area contributed by atoms with Crippen LogP contribution in [0.1, 0.15) is 47.0 Å². The van der Waals surface area contributed by atoms with Gasteiger partial charge in [0.05, 0.1) is 0 Å². The summed E-state index contributed by atoms with van der Waals surface area (Å²) >= 11 is 0. The summed E-state index contributed by atoms with van der Waals surface area (Å²) in [5.41, 5.74) is 1.42. The number of hydrogen-bond acceptors (Lipinski definition) is 1. The number of aliphatic hydroxyl groups is 1. The molecule has 0 heterocycles. The Bertz CT molecular complexity index is 308. The molecule has 3 aliphatic carbocycles. The van der Waals surface area contributed by atoms with Gasteiger partial charge in [-0.05, 0) is 53.3 Å². The van der Waals surface area contributed by atoms with Gasteiger partial charge < -0.3 is 5.11 Å². The highest BCUT2D eigenvalue weighted by Gasteiger charge is 2.71. The molecular weight excluding hydrogens is 184 g/mol. The second-order valence-corrected chi connectivity index (χ2v) is 7.51. The molecule has 0 aromatic carbocycles. The summed E-state index contributed by atoms with van der Waals surface area (Å²) < 4.78 is 0. The van der Waals surface area contributed by atoms with Crippen molar-refractivity contribution in [3.05, 3.63) is 0 Å². The molecule has 0 aromatic rings. The molecule has 3 fully saturated rings. The van der Waals surface area contributed by atoms with Crippen molar-refractivity contribution in [1.29, 1.82) is 0 Å². The van der Waals surface area contributed by atoms with Gasteiger partial charge in [0.25, 0.3) is 0 Å². The topological polar surface area (TPSA) is 20.2 Å². The first-order valence-electron chi connectivity index (χ1n) is 6.46. The van der Waals surface area contributed by atoms with Crippen LogP contribution in [0.25, 0.3) is 0 Å². The maximum Gasteiger partial charge on any atom is 0.0487 e. The largest absolute Gasteiger partial charge is 0.396 e. The van der Waals surface area contributed by atoms with Crippen LogP contribution in [0.3, 0.4) is 0 Å². The molecule has 86 valence electrons. The molecular formula is C14H24O. The number of hydrogen-bond donors (Lipinski definition) is 1. The van der Waals surface area contributed by atoms with Crippen LogP contribution in [0.15, 0.2) is 0 Å². The van der Waals surface area contributed by atoms with Gasteiger partial charge in [-0.15, -0.1) is 0 Å². The highest BCUT2D eigenvalue weighted by atomic mass is 16.3. The first kappa shape index (κ1) is 10.1. The van der Waals surface area contributed by atoms with E-state index >= 15 is 0 Å². The maximum absolute atomic E-state index is 9.41. The van der Waals surface area contributed by atoms with Crippen LogP contribution in [0.4, 0.5) is 0 Å². The van der Waals surface area contributed by atoms with Crippen molar-refractivity contribution in [2.24, 2.45) is 34.0 Å². The van der Waals surface area contributed by atoms with Crippen LogP contribution < -0.4 is 0 Å². The van der Waals surface area contributed by atoms with Gasteiger partial charge in [-0.2, -0.15) is 0 Å². The Morgan fingerprint density at radius 3 is 2.13 bits per heavy atom. The number of aliphatic hydroxyl groups excluding tert-OH is 1. The average Bonchev–Trinajstić information content (AvgIpc) is 2.99. The highest BCUT2D eigenvalue weighted by Crippen LogP contribution is 2.78. The summed E-state index contributed by atoms with van der Waals surface area (Å²) in [4.78, 5) is 0. The number of fused-ring (bicyclic) bond motifs is 1. The predicted octanol–water partition coefficient (Wildman–Crippen LogP) is 3.08. The molecule has 0 radical (unpaired) electrons. The average molecular weight is 208 g/mol. The fourth-order valence-corrected chi connectivity index (χ4v) is 4.53. The number of rotatable bonds is 2. The normalized spacial score (nSPS) is 60.2. The van der Waals surface area contributed by atoms with Crippen LogP contribution in [-0.4, -0.2) is 11.7 Å². The molecule has 15 heavy (non-hydrogen) atoms. The van der Waals surface area contributed by atoms with E-state index in [1.54, 1.807) is 0 Å². The molecule has 3 rings (SSSR count). The third kappa shape index (κ3) is 1.03. The highest BCUT2D eigenvalue weighted by molar-refractivity contribution is 5.20. The van der Waals surface area contributed by atoms with Crippen LogP contribution in [-0.2, 0) is 0 Å². The van der Waals surface area contributed by atoms with Crippen LogP contribution in [0, 0.1) is 34.0 Å². The van der Waals surface area contributed by atoms with E-state index in [0.717, 1.165) is 17.8 Å². The van der Waals surface area contributed by atoms with Crippen molar-refractivity contribution < 1.29 is 5.11 Å². The van der Waals surface area contributed by atoms with Gasteiger partial charge in [0, 0.05) is 6.61 Å². The van der Waals surface area contributed by atoms with Crippen LogP contribution in [0.5, 0.6) is 0 Å². The van der Waals surface area contributed by atoms with E-state index < -0.39 is 0 Å². The minimum Gasteiger partial charge on any atom is -0.396 e. The third-order valence-electron chi connectivity index (χ3n) is 6.62. The summed E-state index contributed by atoms with van der Waals surface area (Å²) in [5, 5.41) is 9.41. The lowest BCUT2D eigenvalue weighted by molar-refractivity contribution is 0.105. The molecule has 0 aliphatic heterocycles. The molecule has 0 bridgehead atoms. The Kier molecular flexibility index (Phi) is 1.65. The quantitative estimate of drug-likeness (QED) is 0.739. The summed E-state index contributed by atoms with van der Waals surface area (Å²) in [5.74, 6) is 2.68. The SMILES string of the molecule is CC1(C)[C@@H]([C@H]2C[C@@]2(C)CO)C[C@@H]2C[C@@]21C. The summed E-state index contributed by atoms with van der Waals surface area (Å²) in [6, 6.07) is 0. The maximum atomic E-state index is 9.41. The van der Waals surface area contributed by atoms with Crippen molar-refractivity contribution in [2.45, 2.75) is 47.0 Å². The zero-order valence-electron chi connectivity index (χ0n) is 10.5. The molecule has 1 nitrogen and oxygen atoms in total. The van der Waals surface area contributed by atoms with Crippen molar-refractivity contribution >= 4 is 0 Å². The Labute approximate surface area is 93.3 Å². The summed E-state index contributed by atoms with van der Waals surface area (Å²) in [6.45, 7) is 10.1. The Morgan fingerprint density at radius 1 is 1.07 bits per heavy atom. The fourth-order valence-electron chi connectivity index (χ4n) is 4.53. The molecule has 5 atom stereocenters. The molecule has 0 amide bonds. The van der Waals surface area contributed by atoms with E-state index in [-0.39, 0.29) is 5.41 Å². The van der Waals surface area contributed by atoms with Crippen LogP contribution in [0.2, 0.25) is 0 Å². The minimum absolute atomic E-state index is 0.273. The van der Waals surface area contributed by atoms with Gasteiger partial charge in [0.2, 0.25) is 0 Å². The Balaban J connectivity index is 1.81. The second kappa shape index (κ2) is 2.45. The monoisotopic (exact) mass is 208 g/mol. The third-order valence-corrected chi connectivity index (χ3v) is 6.62. The van der Waals surface area contributed by atoms with Crippen LogP contribution >= 0.6 is 0 Å². The molecule has 0 spiro atoms. The Hall–Kier alpha value is -0.0400. The molecule has 0 aromatic heterocycles. The lowest BCUT2D eigenvalue weighted by Gasteiger charge is -2.36. The molecule has 3 aliphatic rings. The van der Waals surface area contributed by atoms with E-state index in [2.05, 4.69) is 27.7 Å². The van der Waals surface area contributed by atoms with E-state index in [9.17, 15) is 5.11 Å². The van der Waals surface area contributed by atoms with Gasteiger partial charge in [0.1, 0.15) is 0 Å². The molecule has 3 saturated carbocycles. The molecule has 1 heteroatoms. The van der Waals surface area contributed by atoms with E-state index in [4.69, 9.17) is 0 Å². The van der Waals surface area contributed by atoms with Gasteiger partial charge in [-0.1, -0.05) is 27.7 Å². The zero-order valence-corrected chi connectivity index (χ0v) is 10.5. The first-order valence-corrected chi connectivity index (χ1v) is 6.46. The van der Waals surface area contributed by atoms with E-state index in [1.165, 1.54) is 19.3 Å². The Morgan fingerprint density at radius 2 is 1.73 bits per heavy atom. The minimum atomic E-state index is 0.273. The molecule has 0 unspecified atom stereocenters. The summed E-state index contributed by atoms with van der Waals surface area (Å²) in [7, 11) is 0. The van der Waals surface area contributed by atoms with E-state index in [1.807, 2.05) is 0 Å². The van der Waals surface area contributed by atoms with Crippen molar-refractivity contribution in [1.82, 2.24) is 0 Å². The summed E-state index contributed by atoms with van der Waals surface area (Å²) in [6.07, 6.45) is 4.16. The lowest BCUT2D eigenvalue weighted by Crippen LogP contribution is -2.30. The van der Waals surface area contributed by atoms with Crippen molar-refractivity contribution in [2.75, 3.05) is 6.61 Å². The fraction of sp³-hybridized carbons (Fsp3) is 1.00. The van der Waals surface area contributed by atoms with Gasteiger partial charge in [0.15, 0.2) is 0 Å². The lowest BCUT2D eigenvalue weighted by atomic mass is 9.68. The predicted molar refractivity (Wildman–Crippen MR) is 61.4 cm³/mol. The first-order chi connectivity index (χ1) is 6.85. The van der Waals surface area contributed by atoms with Gasteiger partial charge >= 0.3 is 0 Å². The van der Waals surface area contributed by atoms with Crippen molar-refractivity contribution in [3.63, 3.8) is 0 Å². The smallest absolute Gasteiger partial charge is 0.0487 e. The van der Waals surface area contributed by atoms with E-state index in [0.29, 0.717) is 17.4 Å². The molecule has 1 N–H and O–H groups in total. The molecule has 0 saturated heterocycles. The second-order valence-electron chi connectivity index (χ2n) is 7.51. The standard InChI is InChI=1S/C14H24O/c1-12(2)10(5-9-6-14(9,12)4)11-7-13(11,3)8-15/h9-11,15H,5-8H2,1-4H3/t9-,10-,11-,13+,14+/m1/s1. The van der Waals surface area contributed by atoms with Crippen molar-refractivity contribution in [3.8, 4) is 0 Å². The zero-order chi connectivity index (χ0) is 11.1. The van der Waals surface area contributed by atoms with Gasteiger partial charge in [-0.25, -0.2) is 0 Å². The van der Waals surface area contributed by atoms with Gasteiger partial charge in [-0.3, -0.25) is 0 Å².